The average Bonchev–Trinajstić information content (AvgIpc) is 3.33. The maximum absolute atomic E-state index is 13.6. The number of esters is 1. The summed E-state index contributed by atoms with van der Waals surface area (Å²) >= 11 is 13.6. The lowest BCUT2D eigenvalue weighted by Crippen LogP contribution is -2.15. The molecule has 0 unspecified atom stereocenters. The van der Waals surface area contributed by atoms with Crippen LogP contribution < -0.4 is 5.32 Å². The number of methoxy groups -OCH3 is 1. The molecule has 5 aromatic rings. The normalized spacial score (nSPS) is 10.9. The van der Waals surface area contributed by atoms with E-state index in [1.54, 1.807) is 24.3 Å². The lowest BCUT2D eigenvalue weighted by atomic mass is 10.0. The highest BCUT2D eigenvalue weighted by atomic mass is 35.5. The number of hydrogen-bond acceptors (Lipinski definition) is 5. The van der Waals surface area contributed by atoms with Crippen LogP contribution in [0.2, 0.25) is 10.0 Å². The van der Waals surface area contributed by atoms with Gasteiger partial charge in [-0.3, -0.25) is 4.79 Å². The van der Waals surface area contributed by atoms with Crippen molar-refractivity contribution in [3.05, 3.63) is 105 Å². The van der Waals surface area contributed by atoms with Crippen molar-refractivity contribution in [1.29, 1.82) is 0 Å². The smallest absolute Gasteiger partial charge is 0.341 e. The van der Waals surface area contributed by atoms with E-state index in [-0.39, 0.29) is 5.91 Å². The van der Waals surface area contributed by atoms with Gasteiger partial charge in [-0.1, -0.05) is 77.8 Å². The molecule has 1 N–H and O–H groups in total. The standard InChI is InChI=1S/C28H18Cl2N2O3S/c1-35-28(34)25-20(16-7-3-2-4-8-16)15-36-27(25)32-26(33)19-14-24(17-11-12-21(29)22(30)13-17)31-23-10-6-5-9-18(19)23/h2-15H,1H3,(H,32,33). The van der Waals surface area contributed by atoms with E-state index in [0.717, 1.165) is 11.1 Å². The Morgan fingerprint density at radius 3 is 2.39 bits per heavy atom. The van der Waals surface area contributed by atoms with Crippen LogP contribution in [0.1, 0.15) is 20.7 Å². The molecule has 2 heterocycles. The van der Waals surface area contributed by atoms with Crippen molar-refractivity contribution < 1.29 is 14.3 Å². The van der Waals surface area contributed by atoms with Crippen LogP contribution in [0.3, 0.4) is 0 Å². The molecule has 0 saturated heterocycles. The average molecular weight is 533 g/mol. The van der Waals surface area contributed by atoms with Crippen molar-refractivity contribution in [2.45, 2.75) is 0 Å². The van der Waals surface area contributed by atoms with Gasteiger partial charge in [-0.15, -0.1) is 11.3 Å². The summed E-state index contributed by atoms with van der Waals surface area (Å²) in [7, 11) is 1.32. The largest absolute Gasteiger partial charge is 0.465 e. The number of pyridine rings is 1. The number of hydrogen-bond donors (Lipinski definition) is 1. The Kier molecular flexibility index (Phi) is 6.74. The van der Waals surface area contributed by atoms with Crippen LogP contribution in [0.25, 0.3) is 33.3 Å². The number of ether oxygens (including phenoxy) is 1. The number of thiophene rings is 1. The molecule has 178 valence electrons. The number of nitrogens with one attached hydrogen (secondary N) is 1. The molecule has 0 aliphatic rings. The Hall–Kier alpha value is -3.71. The molecule has 0 saturated carbocycles. The number of nitrogens with zero attached hydrogens (tertiary/aromatic N) is 1. The quantitative estimate of drug-likeness (QED) is 0.233. The fraction of sp³-hybridized carbons (Fsp3) is 0.0357. The zero-order valence-corrected chi connectivity index (χ0v) is 21.2. The summed E-state index contributed by atoms with van der Waals surface area (Å²) in [5, 5.41) is 6.67. The molecular formula is C28H18Cl2N2O3S. The molecule has 8 heteroatoms. The SMILES string of the molecule is COC(=O)c1c(-c2ccccc2)csc1NC(=O)c1cc(-c2ccc(Cl)c(Cl)c2)nc2ccccc12. The van der Waals surface area contributed by atoms with Gasteiger partial charge in [0.25, 0.3) is 5.91 Å². The number of halogens is 2. The lowest BCUT2D eigenvalue weighted by molar-refractivity contribution is 0.0603. The van der Waals surface area contributed by atoms with E-state index in [4.69, 9.17) is 32.9 Å². The van der Waals surface area contributed by atoms with E-state index in [1.165, 1.54) is 18.4 Å². The zero-order chi connectivity index (χ0) is 25.2. The minimum atomic E-state index is -0.526. The van der Waals surface area contributed by atoms with Gasteiger partial charge in [0.05, 0.1) is 33.9 Å². The van der Waals surface area contributed by atoms with Crippen LogP contribution in [0.5, 0.6) is 0 Å². The van der Waals surface area contributed by atoms with Crippen molar-refractivity contribution in [3.63, 3.8) is 0 Å². The van der Waals surface area contributed by atoms with Gasteiger partial charge in [0.2, 0.25) is 0 Å². The molecule has 3 aromatic carbocycles. The molecular weight excluding hydrogens is 515 g/mol. The van der Waals surface area contributed by atoms with Crippen molar-refractivity contribution in [3.8, 4) is 22.4 Å². The summed E-state index contributed by atoms with van der Waals surface area (Å²) in [5.74, 6) is -0.900. The summed E-state index contributed by atoms with van der Waals surface area (Å²) in [6, 6.07) is 23.8. The predicted octanol–water partition coefficient (Wildman–Crippen LogP) is 7.98. The molecule has 5 nitrogen and oxygen atoms in total. The molecule has 0 aliphatic heterocycles. The first-order valence-electron chi connectivity index (χ1n) is 10.9. The molecule has 0 radical (unpaired) electrons. The number of fused-ring (bicyclic) bond motifs is 1. The Morgan fingerprint density at radius 2 is 1.64 bits per heavy atom. The Labute approximate surface area is 221 Å². The zero-order valence-electron chi connectivity index (χ0n) is 18.9. The monoisotopic (exact) mass is 532 g/mol. The number of carbonyl (C=O) groups excluding carboxylic acids is 2. The summed E-state index contributed by atoms with van der Waals surface area (Å²) in [4.78, 5) is 31.0. The van der Waals surface area contributed by atoms with Crippen molar-refractivity contribution in [2.75, 3.05) is 12.4 Å². The van der Waals surface area contributed by atoms with Gasteiger partial charge in [-0.2, -0.15) is 0 Å². The van der Waals surface area contributed by atoms with Gasteiger partial charge in [0, 0.05) is 21.9 Å². The third-order valence-corrected chi connectivity index (χ3v) is 7.30. The number of benzene rings is 3. The first kappa shape index (κ1) is 24.0. The van der Waals surface area contributed by atoms with Gasteiger partial charge < -0.3 is 10.1 Å². The van der Waals surface area contributed by atoms with E-state index >= 15 is 0 Å². The fourth-order valence-electron chi connectivity index (χ4n) is 3.92. The van der Waals surface area contributed by atoms with Crippen molar-refractivity contribution >= 4 is 62.3 Å². The van der Waals surface area contributed by atoms with Gasteiger partial charge >= 0.3 is 5.97 Å². The molecule has 0 fully saturated rings. The van der Waals surface area contributed by atoms with E-state index in [1.807, 2.05) is 60.0 Å². The maximum Gasteiger partial charge on any atom is 0.341 e. The number of carbonyl (C=O) groups is 2. The topological polar surface area (TPSA) is 68.3 Å². The maximum atomic E-state index is 13.6. The minimum Gasteiger partial charge on any atom is -0.465 e. The summed E-state index contributed by atoms with van der Waals surface area (Å²) < 4.78 is 5.04. The minimum absolute atomic E-state index is 0.310. The second kappa shape index (κ2) is 10.1. The Bertz CT molecular complexity index is 1620. The highest BCUT2D eigenvalue weighted by Crippen LogP contribution is 2.37. The molecule has 0 bridgehead atoms. The van der Waals surface area contributed by atoms with Crippen molar-refractivity contribution in [1.82, 2.24) is 4.98 Å². The van der Waals surface area contributed by atoms with Gasteiger partial charge in [-0.05, 0) is 29.8 Å². The molecule has 0 atom stereocenters. The van der Waals surface area contributed by atoms with Gasteiger partial charge in [0.15, 0.2) is 0 Å². The summed E-state index contributed by atoms with van der Waals surface area (Å²) in [6.45, 7) is 0. The lowest BCUT2D eigenvalue weighted by Gasteiger charge is -2.12. The molecule has 0 aliphatic carbocycles. The highest BCUT2D eigenvalue weighted by molar-refractivity contribution is 7.15. The van der Waals surface area contributed by atoms with E-state index in [2.05, 4.69) is 5.32 Å². The molecule has 5 rings (SSSR count). The second-order valence-corrected chi connectivity index (χ2v) is 9.56. The molecule has 0 spiro atoms. The Morgan fingerprint density at radius 1 is 0.889 bits per heavy atom. The first-order valence-corrected chi connectivity index (χ1v) is 12.5. The van der Waals surface area contributed by atoms with Crippen LogP contribution in [0.4, 0.5) is 5.00 Å². The summed E-state index contributed by atoms with van der Waals surface area (Å²) in [5.41, 5.74) is 4.21. The van der Waals surface area contributed by atoms with Crippen LogP contribution in [-0.4, -0.2) is 24.0 Å². The second-order valence-electron chi connectivity index (χ2n) is 7.87. The number of para-hydroxylation sites is 1. The third-order valence-electron chi connectivity index (χ3n) is 5.67. The van der Waals surface area contributed by atoms with Gasteiger partial charge in [-0.25, -0.2) is 9.78 Å². The van der Waals surface area contributed by atoms with E-state index in [9.17, 15) is 9.59 Å². The number of aromatic nitrogens is 1. The van der Waals surface area contributed by atoms with Crippen LogP contribution in [0, 0.1) is 0 Å². The molecule has 2 aromatic heterocycles. The molecule has 1 amide bonds. The number of amides is 1. The van der Waals surface area contributed by atoms with Crippen molar-refractivity contribution in [2.24, 2.45) is 0 Å². The van der Waals surface area contributed by atoms with Crippen LogP contribution in [0.15, 0.2) is 84.2 Å². The highest BCUT2D eigenvalue weighted by Gasteiger charge is 2.23. The van der Waals surface area contributed by atoms with E-state index < -0.39 is 5.97 Å². The first-order chi connectivity index (χ1) is 17.5. The number of rotatable bonds is 5. The van der Waals surface area contributed by atoms with E-state index in [0.29, 0.717) is 48.3 Å². The molecule has 36 heavy (non-hydrogen) atoms. The Balaban J connectivity index is 1.59. The summed E-state index contributed by atoms with van der Waals surface area (Å²) in [6.07, 6.45) is 0. The predicted molar refractivity (Wildman–Crippen MR) is 146 cm³/mol. The number of anilines is 1. The van der Waals surface area contributed by atoms with Gasteiger partial charge in [0.1, 0.15) is 10.6 Å². The third kappa shape index (κ3) is 4.58. The fourth-order valence-corrected chi connectivity index (χ4v) is 5.17. The van der Waals surface area contributed by atoms with Crippen LogP contribution in [-0.2, 0) is 4.74 Å². The van der Waals surface area contributed by atoms with Crippen LogP contribution >= 0.6 is 34.5 Å².